The van der Waals surface area contributed by atoms with Gasteiger partial charge in [-0.15, -0.1) is 0 Å². The van der Waals surface area contributed by atoms with E-state index in [0.29, 0.717) is 24.3 Å². The highest BCUT2D eigenvalue weighted by Gasteiger charge is 2.40. The summed E-state index contributed by atoms with van der Waals surface area (Å²) in [4.78, 5) is 16.2. The predicted molar refractivity (Wildman–Crippen MR) is 117 cm³/mol. The number of ether oxygens (including phenoxy) is 2. The molecule has 1 aliphatic heterocycles. The summed E-state index contributed by atoms with van der Waals surface area (Å²) in [6.45, 7) is 2.63. The maximum absolute atomic E-state index is 6.30. The topological polar surface area (TPSA) is 60.4 Å². The molecule has 1 fully saturated rings. The molecule has 0 N–H and O–H groups in total. The highest BCUT2D eigenvalue weighted by molar-refractivity contribution is 5.82. The van der Waals surface area contributed by atoms with Crippen molar-refractivity contribution in [1.82, 2.24) is 19.9 Å². The van der Waals surface area contributed by atoms with E-state index in [0.717, 1.165) is 54.0 Å². The SMILES string of the molecule is COc1ccc(C2CC2COc2nc3cccnc3cc2C2=CCCN(C)C2)nc1. The Morgan fingerprint density at radius 3 is 2.90 bits per heavy atom. The minimum atomic E-state index is 0.446. The second kappa shape index (κ2) is 8.03. The van der Waals surface area contributed by atoms with Crippen LogP contribution in [-0.2, 0) is 0 Å². The van der Waals surface area contributed by atoms with Gasteiger partial charge in [0.1, 0.15) is 5.75 Å². The van der Waals surface area contributed by atoms with Gasteiger partial charge in [0.05, 0.1) is 30.9 Å². The van der Waals surface area contributed by atoms with Gasteiger partial charge in [-0.05, 0) is 55.8 Å². The molecule has 154 valence electrons. The van der Waals surface area contributed by atoms with Crippen molar-refractivity contribution in [1.29, 1.82) is 0 Å². The van der Waals surface area contributed by atoms with Crippen molar-refractivity contribution in [3.05, 3.63) is 60.1 Å². The van der Waals surface area contributed by atoms with Crippen LogP contribution < -0.4 is 9.47 Å². The molecule has 3 aromatic heterocycles. The summed E-state index contributed by atoms with van der Waals surface area (Å²) < 4.78 is 11.5. The third-order valence-electron chi connectivity index (χ3n) is 5.97. The summed E-state index contributed by atoms with van der Waals surface area (Å²) in [5.41, 5.74) is 5.21. The number of fused-ring (bicyclic) bond motifs is 1. The van der Waals surface area contributed by atoms with E-state index in [1.165, 1.54) is 5.57 Å². The highest BCUT2D eigenvalue weighted by Crippen LogP contribution is 2.47. The number of methoxy groups -OCH3 is 1. The number of nitrogens with zero attached hydrogens (tertiary/aromatic N) is 4. The van der Waals surface area contributed by atoms with Gasteiger partial charge in [-0.2, -0.15) is 0 Å². The lowest BCUT2D eigenvalue weighted by Crippen LogP contribution is -2.25. The summed E-state index contributed by atoms with van der Waals surface area (Å²) in [5, 5.41) is 0. The van der Waals surface area contributed by atoms with E-state index in [-0.39, 0.29) is 0 Å². The van der Waals surface area contributed by atoms with E-state index < -0.39 is 0 Å². The van der Waals surface area contributed by atoms with Gasteiger partial charge in [-0.1, -0.05) is 6.08 Å². The third-order valence-corrected chi connectivity index (χ3v) is 5.97. The molecule has 0 spiro atoms. The lowest BCUT2D eigenvalue weighted by molar-refractivity contribution is 0.285. The Morgan fingerprint density at radius 1 is 1.17 bits per heavy atom. The Kier molecular flexibility index (Phi) is 5.09. The Bertz CT molecular complexity index is 1080. The summed E-state index contributed by atoms with van der Waals surface area (Å²) in [7, 11) is 3.81. The molecule has 0 saturated heterocycles. The number of likely N-dealkylation sites (N-methyl/N-ethyl adjacent to an activating group) is 1. The molecule has 3 aromatic rings. The van der Waals surface area contributed by atoms with E-state index in [2.05, 4.69) is 40.1 Å². The van der Waals surface area contributed by atoms with Gasteiger partial charge in [-0.3, -0.25) is 9.97 Å². The van der Waals surface area contributed by atoms with E-state index in [4.69, 9.17) is 14.5 Å². The van der Waals surface area contributed by atoms with E-state index >= 15 is 0 Å². The quantitative estimate of drug-likeness (QED) is 0.623. The van der Waals surface area contributed by atoms with Crippen molar-refractivity contribution in [2.45, 2.75) is 18.8 Å². The molecule has 2 unspecified atom stereocenters. The molecule has 0 radical (unpaired) electrons. The standard InChI is InChI=1S/C24H26N4O2/c1-28-10-4-5-16(14-28)20-12-23-22(6-3-9-25-23)27-24(20)30-15-17-11-19(17)21-8-7-18(29-2)13-26-21/h3,5-9,12-13,17,19H,4,10-11,14-15H2,1-2H3. The summed E-state index contributed by atoms with van der Waals surface area (Å²) in [5.74, 6) is 2.41. The first-order valence-corrected chi connectivity index (χ1v) is 10.5. The first-order valence-electron chi connectivity index (χ1n) is 10.5. The van der Waals surface area contributed by atoms with Crippen LogP contribution in [0.2, 0.25) is 0 Å². The molecule has 4 heterocycles. The first-order chi connectivity index (χ1) is 14.7. The van der Waals surface area contributed by atoms with Gasteiger partial charge < -0.3 is 14.4 Å². The van der Waals surface area contributed by atoms with Crippen molar-refractivity contribution in [2.24, 2.45) is 5.92 Å². The van der Waals surface area contributed by atoms with Crippen molar-refractivity contribution >= 4 is 16.6 Å². The van der Waals surface area contributed by atoms with Crippen LogP contribution in [0.3, 0.4) is 0 Å². The van der Waals surface area contributed by atoms with E-state index in [1.807, 2.05) is 24.4 Å². The van der Waals surface area contributed by atoms with Crippen LogP contribution in [0.5, 0.6) is 11.6 Å². The van der Waals surface area contributed by atoms with Crippen LogP contribution in [0.1, 0.15) is 30.0 Å². The molecule has 2 atom stereocenters. The Hall–Kier alpha value is -2.99. The molecule has 0 bridgehead atoms. The van der Waals surface area contributed by atoms with Crippen molar-refractivity contribution < 1.29 is 9.47 Å². The second-order valence-corrected chi connectivity index (χ2v) is 8.17. The van der Waals surface area contributed by atoms with Gasteiger partial charge in [0.2, 0.25) is 5.88 Å². The van der Waals surface area contributed by atoms with Crippen LogP contribution in [0.4, 0.5) is 0 Å². The molecule has 5 rings (SSSR count). The Labute approximate surface area is 176 Å². The molecule has 6 nitrogen and oxygen atoms in total. The zero-order valence-corrected chi connectivity index (χ0v) is 17.4. The van der Waals surface area contributed by atoms with Crippen molar-refractivity contribution in [3.8, 4) is 11.6 Å². The van der Waals surface area contributed by atoms with Gasteiger partial charge in [0.15, 0.2) is 0 Å². The minimum absolute atomic E-state index is 0.446. The lowest BCUT2D eigenvalue weighted by atomic mass is 10.0. The second-order valence-electron chi connectivity index (χ2n) is 8.17. The predicted octanol–water partition coefficient (Wildman–Crippen LogP) is 3.93. The highest BCUT2D eigenvalue weighted by atomic mass is 16.5. The summed E-state index contributed by atoms with van der Waals surface area (Å²) in [6.07, 6.45) is 8.04. The molecular formula is C24H26N4O2. The Balaban J connectivity index is 1.36. The number of hydrogen-bond acceptors (Lipinski definition) is 6. The zero-order chi connectivity index (χ0) is 20.5. The van der Waals surface area contributed by atoms with Crippen molar-refractivity contribution in [2.75, 3.05) is 33.9 Å². The molecule has 0 aromatic carbocycles. The summed E-state index contributed by atoms with van der Waals surface area (Å²) >= 11 is 0. The fraction of sp³-hybridized carbons (Fsp3) is 0.375. The zero-order valence-electron chi connectivity index (χ0n) is 17.4. The van der Waals surface area contributed by atoms with Crippen LogP contribution >= 0.6 is 0 Å². The number of hydrogen-bond donors (Lipinski definition) is 0. The third kappa shape index (κ3) is 3.87. The maximum Gasteiger partial charge on any atom is 0.221 e. The lowest BCUT2D eigenvalue weighted by Gasteiger charge is -2.24. The van der Waals surface area contributed by atoms with Crippen LogP contribution in [-0.4, -0.2) is 53.7 Å². The molecule has 0 amide bonds. The molecular weight excluding hydrogens is 376 g/mol. The van der Waals surface area contributed by atoms with Crippen LogP contribution in [0.15, 0.2) is 48.8 Å². The Morgan fingerprint density at radius 2 is 2.10 bits per heavy atom. The van der Waals surface area contributed by atoms with Crippen LogP contribution in [0, 0.1) is 5.92 Å². The molecule has 30 heavy (non-hydrogen) atoms. The van der Waals surface area contributed by atoms with Crippen LogP contribution in [0.25, 0.3) is 16.6 Å². The monoisotopic (exact) mass is 402 g/mol. The van der Waals surface area contributed by atoms with E-state index in [1.54, 1.807) is 13.3 Å². The molecule has 1 saturated carbocycles. The largest absolute Gasteiger partial charge is 0.495 e. The average molecular weight is 402 g/mol. The normalized spacial score (nSPS) is 21.3. The molecule has 1 aliphatic carbocycles. The summed E-state index contributed by atoms with van der Waals surface area (Å²) in [6, 6.07) is 10.1. The first kappa shape index (κ1) is 19.0. The van der Waals surface area contributed by atoms with Crippen molar-refractivity contribution in [3.63, 3.8) is 0 Å². The fourth-order valence-corrected chi connectivity index (χ4v) is 4.12. The number of aromatic nitrogens is 3. The fourth-order valence-electron chi connectivity index (χ4n) is 4.12. The van der Waals surface area contributed by atoms with Gasteiger partial charge in [0, 0.05) is 42.4 Å². The average Bonchev–Trinajstić information content (AvgIpc) is 3.57. The molecule has 2 aliphatic rings. The van der Waals surface area contributed by atoms with Gasteiger partial charge in [-0.25, -0.2) is 4.98 Å². The number of rotatable bonds is 6. The van der Waals surface area contributed by atoms with E-state index in [9.17, 15) is 0 Å². The van der Waals surface area contributed by atoms with Gasteiger partial charge >= 0.3 is 0 Å². The number of pyridine rings is 3. The maximum atomic E-state index is 6.30. The molecule has 6 heteroatoms. The minimum Gasteiger partial charge on any atom is -0.495 e. The smallest absolute Gasteiger partial charge is 0.221 e. The van der Waals surface area contributed by atoms with Gasteiger partial charge in [0.25, 0.3) is 0 Å².